The van der Waals surface area contributed by atoms with E-state index in [0.29, 0.717) is 5.46 Å². The van der Waals surface area contributed by atoms with Crippen molar-refractivity contribution in [2.75, 3.05) is 0 Å². The van der Waals surface area contributed by atoms with Gasteiger partial charge in [-0.2, -0.15) is 0 Å². The molecule has 16 aromatic rings. The summed E-state index contributed by atoms with van der Waals surface area (Å²) in [5.41, 5.74) is 16.1. The van der Waals surface area contributed by atoms with E-state index in [-0.39, 0.29) is 0 Å². The van der Waals surface area contributed by atoms with Crippen molar-refractivity contribution in [3.63, 3.8) is 0 Å². The number of benzene rings is 10. The number of para-hydroxylation sites is 8. The molecule has 6 heterocycles. The molecule has 0 fully saturated rings. The Kier molecular flexibility index (Phi) is 12.4. The van der Waals surface area contributed by atoms with Gasteiger partial charge in [0.25, 0.3) is 0 Å². The molecule has 10 aromatic carbocycles. The molecule has 6 aromatic heterocycles. The first-order chi connectivity index (χ1) is 39.5. The van der Waals surface area contributed by atoms with Gasteiger partial charge in [0.05, 0.1) is 33.1 Å². The highest BCUT2D eigenvalue weighted by atomic mass is 79.9. The minimum atomic E-state index is -1.47. The lowest BCUT2D eigenvalue weighted by molar-refractivity contribution is 0.426. The lowest BCUT2D eigenvalue weighted by Crippen LogP contribution is -2.29. The van der Waals surface area contributed by atoms with E-state index in [2.05, 4.69) is 215 Å². The van der Waals surface area contributed by atoms with Crippen LogP contribution in [0.2, 0.25) is 0 Å². The maximum absolute atomic E-state index is 9.47. The topological polar surface area (TPSA) is 86.0 Å². The maximum Gasteiger partial charge on any atom is 0.488 e. The van der Waals surface area contributed by atoms with Crippen LogP contribution in [0, 0.1) is 0 Å². The molecule has 0 bridgehead atoms. The van der Waals surface area contributed by atoms with Gasteiger partial charge in [0.1, 0.15) is 11.3 Å². The van der Waals surface area contributed by atoms with Crippen LogP contribution in [0.15, 0.2) is 284 Å². The van der Waals surface area contributed by atoms with E-state index in [9.17, 15) is 10.0 Å². The summed E-state index contributed by atoms with van der Waals surface area (Å²) in [5, 5.41) is 28.5. The van der Waals surface area contributed by atoms with Crippen molar-refractivity contribution < 1.29 is 10.0 Å². The number of halogens is 1. The molecule has 0 spiro atoms. The molecule has 0 aliphatic heterocycles. The van der Waals surface area contributed by atoms with E-state index in [4.69, 9.17) is 4.98 Å². The fraction of sp³-hybridized carbons (Fsp3) is 0. The Morgan fingerprint density at radius 1 is 0.312 bits per heavy atom. The maximum atomic E-state index is 9.47. The number of nitrogens with zero attached hydrogens (tertiary/aromatic N) is 6. The molecule has 0 aliphatic rings. The van der Waals surface area contributed by atoms with Gasteiger partial charge >= 0.3 is 7.12 Å². The fourth-order valence-electron chi connectivity index (χ4n) is 11.6. The summed E-state index contributed by atoms with van der Waals surface area (Å²) in [5.74, 6) is 0. The van der Waals surface area contributed by atoms with Crippen LogP contribution < -0.4 is 5.46 Å². The summed E-state index contributed by atoms with van der Waals surface area (Å²) in [6, 6.07) is 92.1. The van der Waals surface area contributed by atoms with Gasteiger partial charge in [-0.1, -0.05) is 164 Å². The summed E-state index contributed by atoms with van der Waals surface area (Å²) in [7, 11) is -1.47. The zero-order chi connectivity index (χ0) is 53.7. The van der Waals surface area contributed by atoms with Crippen molar-refractivity contribution in [1.82, 2.24) is 28.2 Å². The summed E-state index contributed by atoms with van der Waals surface area (Å²) >= 11 is 3.67. The fourth-order valence-corrected chi connectivity index (χ4v) is 12.2. The molecule has 2 N–H and O–H groups in total. The molecule has 0 saturated heterocycles. The third-order valence-corrected chi connectivity index (χ3v) is 15.7. The highest BCUT2D eigenvalue weighted by Crippen LogP contribution is 2.41. The second-order valence-electron chi connectivity index (χ2n) is 19.7. The van der Waals surface area contributed by atoms with E-state index >= 15 is 0 Å². The molecule has 16 rings (SSSR count). The first-order valence-electron chi connectivity index (χ1n) is 26.6. The van der Waals surface area contributed by atoms with E-state index in [1.165, 1.54) is 54.6 Å². The standard InChI is InChI=1S/C35H23N3.C18H14BNO2.C17H11BrN2/c1-3-11-25(12-4-1)37-32-19-8-7-15-28(32)29-21-20-24(23-33(29)37)27-16-9-17-30-31-18-10-22-36-35(31)38(34(27)30)26-13-5-2-6-14-26;21-19(22)13-10-11-16-15-8-4-5-9-17(15)20(18(16)12-13)14-6-2-1-3-7-14;18-15-10-4-8-13-14-9-5-11-19-17(14)20(16(13)15)12-6-2-1-3-7-12/h1-23H;1-12,21-22H;1-11H. The molecule has 0 atom stereocenters. The molecule has 380 valence electrons. The predicted molar refractivity (Wildman–Crippen MR) is 335 cm³/mol. The Balaban J connectivity index is 0.000000117. The molecule has 8 nitrogen and oxygen atoms in total. The van der Waals surface area contributed by atoms with Gasteiger partial charge in [0, 0.05) is 88.3 Å². The SMILES string of the molecule is Brc1cccc2c3cccnc3n(-c3ccccc3)c12.OB(O)c1ccc2c3ccccc3n(-c3ccccc3)c2c1.c1ccc(-n2c3ccccc3c3ccc(-c4cccc5c6cccnc6n(-c6ccccc6)c45)cc32)cc1. The van der Waals surface area contributed by atoms with Gasteiger partial charge < -0.3 is 19.2 Å². The number of pyridine rings is 2. The molecular weight excluding hydrogens is 1050 g/mol. The number of fused-ring (bicyclic) bond motifs is 12. The Bertz CT molecular complexity index is 4940. The van der Waals surface area contributed by atoms with Gasteiger partial charge in [-0.05, 0) is 130 Å². The first-order valence-corrected chi connectivity index (χ1v) is 27.4. The van der Waals surface area contributed by atoms with Crippen molar-refractivity contribution in [1.29, 1.82) is 0 Å². The lowest BCUT2D eigenvalue weighted by Gasteiger charge is -2.12. The molecule has 0 aliphatic carbocycles. The van der Waals surface area contributed by atoms with Crippen molar-refractivity contribution in [2.24, 2.45) is 0 Å². The second-order valence-corrected chi connectivity index (χ2v) is 20.5. The Morgan fingerprint density at radius 3 is 1.24 bits per heavy atom. The lowest BCUT2D eigenvalue weighted by atomic mass is 9.80. The van der Waals surface area contributed by atoms with Crippen molar-refractivity contribution >= 4 is 116 Å². The highest BCUT2D eigenvalue weighted by Gasteiger charge is 2.21. The van der Waals surface area contributed by atoms with Crippen molar-refractivity contribution in [3.05, 3.63) is 284 Å². The van der Waals surface area contributed by atoms with Crippen LogP contribution in [-0.2, 0) is 0 Å². The Morgan fingerprint density at radius 2 is 0.713 bits per heavy atom. The molecular formula is C70H48BBrN6O2. The predicted octanol–water partition coefficient (Wildman–Crippen LogP) is 16.3. The number of rotatable bonds is 6. The minimum absolute atomic E-state index is 0.493. The monoisotopic (exact) mass is 1090 g/mol. The quantitative estimate of drug-likeness (QED) is 0.162. The molecule has 0 radical (unpaired) electrons. The average Bonchev–Trinajstić information content (AvgIpc) is 4.26. The smallest absolute Gasteiger partial charge is 0.423 e. The van der Waals surface area contributed by atoms with Crippen LogP contribution >= 0.6 is 15.9 Å². The summed E-state index contributed by atoms with van der Waals surface area (Å²) in [6.45, 7) is 0. The zero-order valence-corrected chi connectivity index (χ0v) is 44.7. The minimum Gasteiger partial charge on any atom is -0.423 e. The number of hydrogen-bond donors (Lipinski definition) is 2. The number of hydrogen-bond acceptors (Lipinski definition) is 4. The first kappa shape index (κ1) is 48.5. The molecule has 80 heavy (non-hydrogen) atoms. The summed E-state index contributed by atoms with van der Waals surface area (Å²) < 4.78 is 10.1. The van der Waals surface area contributed by atoms with Gasteiger partial charge in [0.15, 0.2) is 0 Å². The van der Waals surface area contributed by atoms with Crippen molar-refractivity contribution in [2.45, 2.75) is 0 Å². The van der Waals surface area contributed by atoms with Crippen LogP contribution in [0.25, 0.3) is 121 Å². The van der Waals surface area contributed by atoms with Crippen LogP contribution in [0.4, 0.5) is 0 Å². The Hall–Kier alpha value is -9.84. The van der Waals surface area contributed by atoms with Gasteiger partial charge in [-0.15, -0.1) is 0 Å². The third kappa shape index (κ3) is 8.33. The van der Waals surface area contributed by atoms with E-state index in [1.807, 2.05) is 97.3 Å². The van der Waals surface area contributed by atoms with Gasteiger partial charge in [0.2, 0.25) is 0 Å². The average molecular weight is 1100 g/mol. The van der Waals surface area contributed by atoms with Crippen LogP contribution in [0.3, 0.4) is 0 Å². The van der Waals surface area contributed by atoms with E-state index in [0.717, 1.165) is 71.2 Å². The molecule has 0 saturated carbocycles. The van der Waals surface area contributed by atoms with Crippen LogP contribution in [0.1, 0.15) is 0 Å². The highest BCUT2D eigenvalue weighted by molar-refractivity contribution is 9.10. The van der Waals surface area contributed by atoms with Crippen molar-refractivity contribution in [3.8, 4) is 33.9 Å². The summed E-state index contributed by atoms with van der Waals surface area (Å²) in [4.78, 5) is 9.40. The van der Waals surface area contributed by atoms with Gasteiger partial charge in [-0.3, -0.25) is 9.13 Å². The number of aromatic nitrogens is 6. The zero-order valence-electron chi connectivity index (χ0n) is 43.1. The summed E-state index contributed by atoms with van der Waals surface area (Å²) in [6.07, 6.45) is 3.72. The molecule has 0 amide bonds. The third-order valence-electron chi connectivity index (χ3n) is 15.1. The van der Waals surface area contributed by atoms with Gasteiger partial charge in [-0.25, -0.2) is 9.97 Å². The normalized spacial score (nSPS) is 11.4. The van der Waals surface area contributed by atoms with Crippen LogP contribution in [0.5, 0.6) is 0 Å². The van der Waals surface area contributed by atoms with Crippen LogP contribution in [-0.4, -0.2) is 45.4 Å². The van der Waals surface area contributed by atoms with E-state index in [1.54, 1.807) is 6.07 Å². The molecule has 0 unspecified atom stereocenters. The van der Waals surface area contributed by atoms with E-state index < -0.39 is 7.12 Å². The largest absolute Gasteiger partial charge is 0.488 e. The Labute approximate surface area is 469 Å². The molecule has 10 heteroatoms. The second kappa shape index (κ2) is 20.5.